The zero-order valence-electron chi connectivity index (χ0n) is 12.8. The third-order valence-corrected chi connectivity index (χ3v) is 4.51. The van der Waals surface area contributed by atoms with Crippen LogP contribution in [0.4, 0.5) is 5.69 Å². The fourth-order valence-corrected chi connectivity index (χ4v) is 3.32. The average molecular weight is 288 g/mol. The number of rotatable bonds is 5. The highest BCUT2D eigenvalue weighted by atomic mass is 16.5. The van der Waals surface area contributed by atoms with E-state index in [1.807, 2.05) is 12.1 Å². The number of nitrogens with one attached hydrogen (secondary N) is 1. The van der Waals surface area contributed by atoms with Gasteiger partial charge in [-0.2, -0.15) is 0 Å². The Morgan fingerprint density at radius 1 is 1.43 bits per heavy atom. The van der Waals surface area contributed by atoms with Gasteiger partial charge in [-0.25, -0.2) is 0 Å². The maximum atomic E-state index is 11.4. The predicted molar refractivity (Wildman–Crippen MR) is 83.4 cm³/mol. The van der Waals surface area contributed by atoms with Crippen molar-refractivity contribution >= 4 is 11.7 Å². The van der Waals surface area contributed by atoms with Crippen molar-refractivity contribution in [3.63, 3.8) is 0 Å². The first-order valence-electron chi connectivity index (χ1n) is 7.83. The van der Waals surface area contributed by atoms with Crippen molar-refractivity contribution in [1.82, 2.24) is 4.90 Å². The number of carbonyl (C=O) groups is 1. The number of carbonyl (C=O) groups excluding carboxylic acids is 1. The minimum absolute atomic E-state index is 0.193. The molecule has 2 aliphatic rings. The van der Waals surface area contributed by atoms with Crippen LogP contribution < -0.4 is 5.32 Å². The van der Waals surface area contributed by atoms with Gasteiger partial charge in [0.15, 0.2) is 0 Å². The standard InChI is InChI=1S/C17H24N2O2/c1-12-8-15(11-19(12)16-6-7-16)18-14-5-3-4-13(9-14)10-17(20)21-2/h3-5,9,12,15-16,18H,6-8,10-11H2,1-2H3. The second-order valence-corrected chi connectivity index (χ2v) is 6.31. The van der Waals surface area contributed by atoms with Crippen LogP contribution in [0, 0.1) is 0 Å². The predicted octanol–water partition coefficient (Wildman–Crippen LogP) is 2.44. The van der Waals surface area contributed by atoms with Gasteiger partial charge in [0.1, 0.15) is 0 Å². The Morgan fingerprint density at radius 2 is 2.24 bits per heavy atom. The molecule has 0 aromatic heterocycles. The zero-order valence-corrected chi connectivity index (χ0v) is 12.8. The highest BCUT2D eigenvalue weighted by Gasteiger charge is 2.38. The molecule has 1 aromatic carbocycles. The lowest BCUT2D eigenvalue weighted by Gasteiger charge is -2.20. The molecule has 1 aliphatic heterocycles. The monoisotopic (exact) mass is 288 g/mol. The molecule has 4 heteroatoms. The van der Waals surface area contributed by atoms with E-state index in [9.17, 15) is 4.79 Å². The van der Waals surface area contributed by atoms with Gasteiger partial charge in [-0.05, 0) is 43.9 Å². The van der Waals surface area contributed by atoms with Gasteiger partial charge < -0.3 is 10.1 Å². The third kappa shape index (κ3) is 3.56. The van der Waals surface area contributed by atoms with Crippen LogP contribution in [0.1, 0.15) is 31.7 Å². The molecule has 1 saturated carbocycles. The molecule has 1 aliphatic carbocycles. The van der Waals surface area contributed by atoms with Gasteiger partial charge in [0.2, 0.25) is 0 Å². The van der Waals surface area contributed by atoms with E-state index in [2.05, 4.69) is 29.3 Å². The summed E-state index contributed by atoms with van der Waals surface area (Å²) in [6, 6.07) is 10.1. The highest BCUT2D eigenvalue weighted by Crippen LogP contribution is 2.34. The summed E-state index contributed by atoms with van der Waals surface area (Å²) in [4.78, 5) is 14.0. The second kappa shape index (κ2) is 6.06. The Labute approximate surface area is 126 Å². The number of ether oxygens (including phenoxy) is 1. The molecule has 3 rings (SSSR count). The lowest BCUT2D eigenvalue weighted by Crippen LogP contribution is -2.31. The molecular formula is C17H24N2O2. The number of esters is 1. The molecule has 1 heterocycles. The summed E-state index contributed by atoms with van der Waals surface area (Å²) in [7, 11) is 1.43. The fourth-order valence-electron chi connectivity index (χ4n) is 3.32. The quantitative estimate of drug-likeness (QED) is 0.845. The van der Waals surface area contributed by atoms with E-state index < -0.39 is 0 Å². The number of likely N-dealkylation sites (tertiary alicyclic amines) is 1. The van der Waals surface area contributed by atoms with E-state index in [1.165, 1.54) is 26.4 Å². The minimum Gasteiger partial charge on any atom is -0.469 e. The van der Waals surface area contributed by atoms with Crippen molar-refractivity contribution in [3.05, 3.63) is 29.8 Å². The van der Waals surface area contributed by atoms with Crippen molar-refractivity contribution in [2.24, 2.45) is 0 Å². The summed E-state index contributed by atoms with van der Waals surface area (Å²) in [6.07, 6.45) is 4.26. The van der Waals surface area contributed by atoms with Crippen molar-refractivity contribution in [2.45, 2.75) is 50.7 Å². The maximum Gasteiger partial charge on any atom is 0.309 e. The lowest BCUT2D eigenvalue weighted by atomic mass is 10.1. The van der Waals surface area contributed by atoms with Gasteiger partial charge in [0.25, 0.3) is 0 Å². The minimum atomic E-state index is -0.193. The van der Waals surface area contributed by atoms with Crippen LogP contribution in [0.25, 0.3) is 0 Å². The van der Waals surface area contributed by atoms with Gasteiger partial charge in [0, 0.05) is 30.4 Å². The summed E-state index contributed by atoms with van der Waals surface area (Å²) in [5, 5.41) is 3.62. The van der Waals surface area contributed by atoms with Crippen molar-refractivity contribution < 1.29 is 9.53 Å². The van der Waals surface area contributed by atoms with Crippen molar-refractivity contribution in [3.8, 4) is 0 Å². The molecule has 4 nitrogen and oxygen atoms in total. The largest absolute Gasteiger partial charge is 0.469 e. The van der Waals surface area contributed by atoms with Gasteiger partial charge in [0.05, 0.1) is 13.5 Å². The molecule has 1 aromatic rings. The first-order valence-corrected chi connectivity index (χ1v) is 7.83. The number of methoxy groups -OCH3 is 1. The van der Waals surface area contributed by atoms with Crippen LogP contribution in [-0.4, -0.2) is 42.6 Å². The summed E-state index contributed by atoms with van der Waals surface area (Å²) < 4.78 is 4.72. The Kier molecular flexibility index (Phi) is 4.15. The first kappa shape index (κ1) is 14.4. The van der Waals surface area contributed by atoms with E-state index >= 15 is 0 Å². The second-order valence-electron chi connectivity index (χ2n) is 6.31. The van der Waals surface area contributed by atoms with Gasteiger partial charge in [-0.15, -0.1) is 0 Å². The first-order chi connectivity index (χ1) is 10.2. The Bertz CT molecular complexity index is 513. The Hall–Kier alpha value is -1.55. The van der Waals surface area contributed by atoms with E-state index in [0.29, 0.717) is 18.5 Å². The van der Waals surface area contributed by atoms with E-state index in [-0.39, 0.29) is 5.97 Å². The Balaban J connectivity index is 1.60. The van der Waals surface area contributed by atoms with Gasteiger partial charge >= 0.3 is 5.97 Å². The molecule has 2 atom stereocenters. The normalized spacial score (nSPS) is 25.8. The number of hydrogen-bond donors (Lipinski definition) is 1. The van der Waals surface area contributed by atoms with Gasteiger partial charge in [-0.3, -0.25) is 9.69 Å². The summed E-state index contributed by atoms with van der Waals surface area (Å²) in [5.74, 6) is -0.193. The smallest absolute Gasteiger partial charge is 0.309 e. The Morgan fingerprint density at radius 3 is 2.95 bits per heavy atom. The lowest BCUT2D eigenvalue weighted by molar-refractivity contribution is -0.139. The van der Waals surface area contributed by atoms with Crippen LogP contribution in [0.15, 0.2) is 24.3 Å². The molecule has 0 bridgehead atoms. The molecule has 1 saturated heterocycles. The summed E-state index contributed by atoms with van der Waals surface area (Å²) in [5.41, 5.74) is 2.10. The molecule has 114 valence electrons. The molecule has 0 spiro atoms. The highest BCUT2D eigenvalue weighted by molar-refractivity contribution is 5.72. The topological polar surface area (TPSA) is 41.6 Å². The van der Waals surface area contributed by atoms with Crippen LogP contribution >= 0.6 is 0 Å². The van der Waals surface area contributed by atoms with E-state index in [0.717, 1.165) is 23.8 Å². The number of benzene rings is 1. The van der Waals surface area contributed by atoms with E-state index in [4.69, 9.17) is 4.74 Å². The molecular weight excluding hydrogens is 264 g/mol. The van der Waals surface area contributed by atoms with E-state index in [1.54, 1.807) is 0 Å². The molecule has 21 heavy (non-hydrogen) atoms. The number of anilines is 1. The number of nitrogens with zero attached hydrogens (tertiary/aromatic N) is 1. The number of hydrogen-bond acceptors (Lipinski definition) is 4. The van der Waals surface area contributed by atoms with Crippen LogP contribution in [-0.2, 0) is 16.0 Å². The average Bonchev–Trinajstić information content (AvgIpc) is 3.24. The molecule has 1 N–H and O–H groups in total. The van der Waals surface area contributed by atoms with Crippen molar-refractivity contribution in [1.29, 1.82) is 0 Å². The fraction of sp³-hybridized carbons (Fsp3) is 0.588. The molecule has 0 radical (unpaired) electrons. The van der Waals surface area contributed by atoms with Crippen LogP contribution in [0.5, 0.6) is 0 Å². The summed E-state index contributed by atoms with van der Waals surface area (Å²) in [6.45, 7) is 3.46. The molecule has 0 amide bonds. The molecule has 2 unspecified atom stereocenters. The zero-order chi connectivity index (χ0) is 14.8. The maximum absolute atomic E-state index is 11.4. The van der Waals surface area contributed by atoms with Crippen LogP contribution in [0.2, 0.25) is 0 Å². The van der Waals surface area contributed by atoms with Gasteiger partial charge in [-0.1, -0.05) is 12.1 Å². The SMILES string of the molecule is COC(=O)Cc1cccc(NC2CC(C)N(C3CC3)C2)c1. The van der Waals surface area contributed by atoms with Crippen LogP contribution in [0.3, 0.4) is 0 Å². The third-order valence-electron chi connectivity index (χ3n) is 4.51. The van der Waals surface area contributed by atoms with Crippen molar-refractivity contribution in [2.75, 3.05) is 19.0 Å². The molecule has 2 fully saturated rings. The summed E-state index contributed by atoms with van der Waals surface area (Å²) >= 11 is 0.